The normalized spacial score (nSPS) is 16.3. The summed E-state index contributed by atoms with van der Waals surface area (Å²) in [6.45, 7) is 8.31. The van der Waals surface area contributed by atoms with Gasteiger partial charge in [-0.05, 0) is 69.5 Å². The zero-order valence-electron chi connectivity index (χ0n) is 20.5. The Bertz CT molecular complexity index is 862. The number of nitrogens with zero attached hydrogens (tertiary/aromatic N) is 2. The summed E-state index contributed by atoms with van der Waals surface area (Å²) in [5.74, 6) is 2.05. The molecule has 6 heteroatoms. The van der Waals surface area contributed by atoms with E-state index in [1.807, 2.05) is 36.1 Å². The van der Waals surface area contributed by atoms with Crippen LogP contribution >= 0.6 is 0 Å². The lowest BCUT2D eigenvalue weighted by Crippen LogP contribution is -2.40. The number of rotatable bonds is 11. The van der Waals surface area contributed by atoms with E-state index in [4.69, 9.17) is 14.2 Å². The van der Waals surface area contributed by atoms with Gasteiger partial charge in [0.05, 0.1) is 20.8 Å². The molecule has 180 valence electrons. The van der Waals surface area contributed by atoms with Crippen LogP contribution in [-0.4, -0.2) is 62.2 Å². The number of ether oxygens (including phenoxy) is 3. The molecule has 0 aliphatic carbocycles. The second kappa shape index (κ2) is 12.5. The second-order valence-electron chi connectivity index (χ2n) is 8.64. The van der Waals surface area contributed by atoms with Crippen LogP contribution in [0.3, 0.4) is 0 Å². The minimum absolute atomic E-state index is 0.0206. The average molecular weight is 455 g/mol. The Balaban J connectivity index is 1.75. The maximum atomic E-state index is 13.6. The molecule has 0 N–H and O–H groups in total. The maximum absolute atomic E-state index is 13.6. The molecule has 0 bridgehead atoms. The van der Waals surface area contributed by atoms with Gasteiger partial charge in [-0.3, -0.25) is 4.79 Å². The standard InChI is InChI=1S/C27H38N2O4/c1-5-33-24-12-10-22(11-13-24)20-29(16-8-15-28-14-7-6-9-21(28)2)27(30)23-17-25(31-3)19-26(18-23)32-4/h10-13,17-19,21H,5-9,14-16,20H2,1-4H3. The van der Waals surface area contributed by atoms with Crippen LogP contribution in [0.4, 0.5) is 0 Å². The summed E-state index contributed by atoms with van der Waals surface area (Å²) in [5, 5.41) is 0. The molecular formula is C27H38N2O4. The van der Waals surface area contributed by atoms with E-state index in [1.165, 1.54) is 19.3 Å². The van der Waals surface area contributed by atoms with E-state index in [9.17, 15) is 4.79 Å². The monoisotopic (exact) mass is 454 g/mol. The van der Waals surface area contributed by atoms with Gasteiger partial charge in [0.1, 0.15) is 17.2 Å². The topological polar surface area (TPSA) is 51.2 Å². The van der Waals surface area contributed by atoms with Crippen LogP contribution < -0.4 is 14.2 Å². The number of methoxy groups -OCH3 is 2. The number of hydrogen-bond acceptors (Lipinski definition) is 5. The summed E-state index contributed by atoms with van der Waals surface area (Å²) in [7, 11) is 3.20. The third-order valence-electron chi connectivity index (χ3n) is 6.31. The summed E-state index contributed by atoms with van der Waals surface area (Å²) in [4.78, 5) is 18.1. The molecule has 1 aliphatic heterocycles. The number of piperidine rings is 1. The first kappa shape index (κ1) is 24.9. The molecule has 1 heterocycles. The van der Waals surface area contributed by atoms with Gasteiger partial charge >= 0.3 is 0 Å². The third-order valence-corrected chi connectivity index (χ3v) is 6.31. The highest BCUT2D eigenvalue weighted by Crippen LogP contribution is 2.25. The fraction of sp³-hybridized carbons (Fsp3) is 0.519. The van der Waals surface area contributed by atoms with Crippen molar-refractivity contribution in [3.63, 3.8) is 0 Å². The predicted molar refractivity (Wildman–Crippen MR) is 131 cm³/mol. The molecule has 1 amide bonds. The van der Waals surface area contributed by atoms with Gasteiger partial charge in [0, 0.05) is 37.3 Å². The maximum Gasteiger partial charge on any atom is 0.254 e. The molecule has 0 spiro atoms. The van der Waals surface area contributed by atoms with Crippen LogP contribution in [0.15, 0.2) is 42.5 Å². The van der Waals surface area contributed by atoms with Gasteiger partial charge in [-0.25, -0.2) is 0 Å². The van der Waals surface area contributed by atoms with E-state index in [-0.39, 0.29) is 5.91 Å². The van der Waals surface area contributed by atoms with Crippen LogP contribution in [0, 0.1) is 0 Å². The molecular weight excluding hydrogens is 416 g/mol. The lowest BCUT2D eigenvalue weighted by atomic mass is 10.0. The van der Waals surface area contributed by atoms with Crippen molar-refractivity contribution in [2.24, 2.45) is 0 Å². The smallest absolute Gasteiger partial charge is 0.254 e. The molecule has 1 saturated heterocycles. The lowest BCUT2D eigenvalue weighted by Gasteiger charge is -2.34. The third kappa shape index (κ3) is 7.13. The quantitative estimate of drug-likeness (QED) is 0.478. The van der Waals surface area contributed by atoms with Gasteiger partial charge in [0.15, 0.2) is 0 Å². The second-order valence-corrected chi connectivity index (χ2v) is 8.64. The van der Waals surface area contributed by atoms with Gasteiger partial charge in [-0.2, -0.15) is 0 Å². The summed E-state index contributed by atoms with van der Waals surface area (Å²) >= 11 is 0. The summed E-state index contributed by atoms with van der Waals surface area (Å²) in [6, 6.07) is 14.0. The molecule has 0 aromatic heterocycles. The highest BCUT2D eigenvalue weighted by Gasteiger charge is 2.21. The zero-order valence-corrected chi connectivity index (χ0v) is 20.5. The fourth-order valence-corrected chi connectivity index (χ4v) is 4.40. The molecule has 2 aromatic rings. The number of benzene rings is 2. The predicted octanol–water partition coefficient (Wildman–Crippen LogP) is 5.01. The Kier molecular flexibility index (Phi) is 9.43. The highest BCUT2D eigenvalue weighted by atomic mass is 16.5. The van der Waals surface area contributed by atoms with Gasteiger partial charge < -0.3 is 24.0 Å². The molecule has 3 rings (SSSR count). The molecule has 33 heavy (non-hydrogen) atoms. The number of hydrogen-bond donors (Lipinski definition) is 0. The highest BCUT2D eigenvalue weighted by molar-refractivity contribution is 5.95. The van der Waals surface area contributed by atoms with E-state index >= 15 is 0 Å². The van der Waals surface area contributed by atoms with Crippen LogP contribution in [0.1, 0.15) is 55.5 Å². The van der Waals surface area contributed by atoms with E-state index in [0.717, 1.165) is 30.8 Å². The van der Waals surface area contributed by atoms with Crippen molar-refractivity contribution < 1.29 is 19.0 Å². The molecule has 1 fully saturated rings. The molecule has 0 saturated carbocycles. The van der Waals surface area contributed by atoms with Gasteiger partial charge in [-0.1, -0.05) is 18.6 Å². The number of carbonyl (C=O) groups excluding carboxylic acids is 1. The van der Waals surface area contributed by atoms with Crippen molar-refractivity contribution in [2.75, 3.05) is 40.5 Å². The Morgan fingerprint density at radius 3 is 2.33 bits per heavy atom. The van der Waals surface area contributed by atoms with Crippen molar-refractivity contribution >= 4 is 5.91 Å². The molecule has 0 radical (unpaired) electrons. The summed E-state index contributed by atoms with van der Waals surface area (Å²) < 4.78 is 16.3. The van der Waals surface area contributed by atoms with Crippen LogP contribution in [-0.2, 0) is 6.54 Å². The number of carbonyl (C=O) groups is 1. The summed E-state index contributed by atoms with van der Waals surface area (Å²) in [5.41, 5.74) is 1.65. The van der Waals surface area contributed by atoms with Crippen LogP contribution in [0.2, 0.25) is 0 Å². The van der Waals surface area contributed by atoms with Crippen molar-refractivity contribution in [3.05, 3.63) is 53.6 Å². The van der Waals surface area contributed by atoms with E-state index in [0.29, 0.717) is 42.8 Å². The van der Waals surface area contributed by atoms with Gasteiger partial charge in [-0.15, -0.1) is 0 Å². The summed E-state index contributed by atoms with van der Waals surface area (Å²) in [6.07, 6.45) is 4.78. The van der Waals surface area contributed by atoms with E-state index in [2.05, 4.69) is 11.8 Å². The average Bonchev–Trinajstić information content (AvgIpc) is 2.85. The van der Waals surface area contributed by atoms with Crippen LogP contribution in [0.25, 0.3) is 0 Å². The molecule has 1 aliphatic rings. The Morgan fingerprint density at radius 2 is 1.73 bits per heavy atom. The van der Waals surface area contributed by atoms with E-state index < -0.39 is 0 Å². The Labute approximate surface area is 198 Å². The molecule has 6 nitrogen and oxygen atoms in total. The Morgan fingerprint density at radius 1 is 1.03 bits per heavy atom. The van der Waals surface area contributed by atoms with Crippen LogP contribution in [0.5, 0.6) is 17.2 Å². The SMILES string of the molecule is CCOc1ccc(CN(CCCN2CCCCC2C)C(=O)c2cc(OC)cc(OC)c2)cc1. The molecule has 1 unspecified atom stereocenters. The first-order valence-corrected chi connectivity index (χ1v) is 12.0. The lowest BCUT2D eigenvalue weighted by molar-refractivity contribution is 0.0725. The van der Waals surface area contributed by atoms with Crippen molar-refractivity contribution in [3.8, 4) is 17.2 Å². The van der Waals surface area contributed by atoms with Gasteiger partial charge in [0.2, 0.25) is 0 Å². The van der Waals surface area contributed by atoms with E-state index in [1.54, 1.807) is 32.4 Å². The number of likely N-dealkylation sites (tertiary alicyclic amines) is 1. The zero-order chi connectivity index (χ0) is 23.6. The largest absolute Gasteiger partial charge is 0.497 e. The first-order chi connectivity index (χ1) is 16.0. The number of amides is 1. The van der Waals surface area contributed by atoms with Crippen molar-refractivity contribution in [2.45, 2.75) is 52.1 Å². The fourth-order valence-electron chi connectivity index (χ4n) is 4.40. The van der Waals surface area contributed by atoms with Crippen molar-refractivity contribution in [1.82, 2.24) is 9.80 Å². The minimum Gasteiger partial charge on any atom is -0.497 e. The van der Waals surface area contributed by atoms with Crippen molar-refractivity contribution in [1.29, 1.82) is 0 Å². The molecule has 1 atom stereocenters. The molecule has 2 aromatic carbocycles. The van der Waals surface area contributed by atoms with Gasteiger partial charge in [0.25, 0.3) is 5.91 Å². The Hall–Kier alpha value is -2.73. The first-order valence-electron chi connectivity index (χ1n) is 12.0. The minimum atomic E-state index is -0.0206.